The Morgan fingerprint density at radius 3 is 2.71 bits per heavy atom. The van der Waals surface area contributed by atoms with Crippen molar-refractivity contribution >= 4 is 18.0 Å². The molecule has 1 rings (SSSR count). The maximum atomic E-state index is 12.5. The number of nitrogens with two attached hydrogens (primary N) is 1. The van der Waals surface area contributed by atoms with Crippen molar-refractivity contribution in [3.63, 3.8) is 0 Å². The van der Waals surface area contributed by atoms with Gasteiger partial charge in [0.2, 0.25) is 5.95 Å². The summed E-state index contributed by atoms with van der Waals surface area (Å²) in [5.74, 6) is -1.64. The molecule has 0 saturated carbocycles. The second-order valence-electron chi connectivity index (χ2n) is 3.03. The predicted octanol–water partition coefficient (Wildman–Crippen LogP) is 1.57. The van der Waals surface area contributed by atoms with Crippen LogP contribution in [0.15, 0.2) is 12.3 Å². The standard InChI is InChI=1S/C9H8F3N3O2/c10-9(11,12)7-5(2-1-3-6(16)17)4-14-8(13)15-7/h1-2,4H,3H2,(H,16,17)(H2,13,14,15). The summed E-state index contributed by atoms with van der Waals surface area (Å²) in [7, 11) is 0. The highest BCUT2D eigenvalue weighted by molar-refractivity contribution is 5.70. The fourth-order valence-corrected chi connectivity index (χ4v) is 1.04. The largest absolute Gasteiger partial charge is 0.481 e. The highest BCUT2D eigenvalue weighted by Crippen LogP contribution is 2.31. The van der Waals surface area contributed by atoms with E-state index in [1.807, 2.05) is 0 Å². The average Bonchev–Trinajstić information content (AvgIpc) is 2.18. The molecule has 0 bridgehead atoms. The summed E-state index contributed by atoms with van der Waals surface area (Å²) in [6.07, 6.45) is -2.09. The zero-order valence-corrected chi connectivity index (χ0v) is 8.40. The molecule has 8 heteroatoms. The van der Waals surface area contributed by atoms with Gasteiger partial charge in [0.1, 0.15) is 0 Å². The number of aliphatic carboxylic acids is 1. The van der Waals surface area contributed by atoms with Crippen molar-refractivity contribution in [3.8, 4) is 0 Å². The van der Waals surface area contributed by atoms with Crippen LogP contribution < -0.4 is 5.73 Å². The molecule has 0 aliphatic carbocycles. The molecular formula is C9H8F3N3O2. The Labute approximate surface area is 93.8 Å². The van der Waals surface area contributed by atoms with E-state index in [1.165, 1.54) is 0 Å². The Morgan fingerprint density at radius 2 is 2.18 bits per heavy atom. The highest BCUT2D eigenvalue weighted by Gasteiger charge is 2.35. The van der Waals surface area contributed by atoms with Crippen LogP contribution in [0.3, 0.4) is 0 Å². The van der Waals surface area contributed by atoms with E-state index >= 15 is 0 Å². The molecule has 0 fully saturated rings. The minimum atomic E-state index is -4.67. The monoisotopic (exact) mass is 247 g/mol. The van der Waals surface area contributed by atoms with Gasteiger partial charge in [-0.3, -0.25) is 4.79 Å². The molecule has 0 aromatic carbocycles. The van der Waals surface area contributed by atoms with Crippen molar-refractivity contribution < 1.29 is 23.1 Å². The van der Waals surface area contributed by atoms with Gasteiger partial charge >= 0.3 is 12.1 Å². The van der Waals surface area contributed by atoms with Gasteiger partial charge in [-0.15, -0.1) is 0 Å². The minimum absolute atomic E-state index is 0.326. The number of nitrogens with zero attached hydrogens (tertiary/aromatic N) is 2. The number of carboxylic acid groups (broad SMARTS) is 1. The molecule has 1 aromatic rings. The lowest BCUT2D eigenvalue weighted by atomic mass is 10.2. The van der Waals surface area contributed by atoms with E-state index < -0.39 is 23.8 Å². The molecule has 0 atom stereocenters. The van der Waals surface area contributed by atoms with E-state index in [-0.39, 0.29) is 12.0 Å². The number of anilines is 1. The fraction of sp³-hybridized carbons (Fsp3) is 0.222. The smallest absolute Gasteiger partial charge is 0.434 e. The number of aromatic nitrogens is 2. The topological polar surface area (TPSA) is 89.1 Å². The van der Waals surface area contributed by atoms with Crippen LogP contribution in [0.1, 0.15) is 17.7 Å². The SMILES string of the molecule is Nc1ncc(C=CCC(=O)O)c(C(F)(F)F)n1. The third kappa shape index (κ3) is 3.74. The van der Waals surface area contributed by atoms with E-state index in [0.29, 0.717) is 0 Å². The number of hydrogen-bond donors (Lipinski definition) is 2. The number of rotatable bonds is 3. The van der Waals surface area contributed by atoms with Gasteiger partial charge in [0.15, 0.2) is 5.69 Å². The van der Waals surface area contributed by atoms with Crippen LogP contribution in [0.25, 0.3) is 6.08 Å². The molecule has 0 aliphatic heterocycles. The first kappa shape index (κ1) is 12.9. The van der Waals surface area contributed by atoms with Crippen molar-refractivity contribution in [3.05, 3.63) is 23.5 Å². The van der Waals surface area contributed by atoms with E-state index in [9.17, 15) is 18.0 Å². The maximum absolute atomic E-state index is 12.5. The second-order valence-corrected chi connectivity index (χ2v) is 3.03. The molecule has 0 aliphatic rings. The normalized spacial score (nSPS) is 11.9. The minimum Gasteiger partial charge on any atom is -0.481 e. The van der Waals surface area contributed by atoms with Crippen LogP contribution in [0.5, 0.6) is 0 Å². The van der Waals surface area contributed by atoms with Crippen LogP contribution in [-0.4, -0.2) is 21.0 Å². The molecule has 0 unspecified atom stereocenters. The van der Waals surface area contributed by atoms with Crippen LogP contribution in [0.2, 0.25) is 0 Å². The lowest BCUT2D eigenvalue weighted by Crippen LogP contribution is -2.12. The lowest BCUT2D eigenvalue weighted by molar-refractivity contribution is -0.141. The third-order valence-corrected chi connectivity index (χ3v) is 1.69. The van der Waals surface area contributed by atoms with Gasteiger partial charge < -0.3 is 10.8 Å². The van der Waals surface area contributed by atoms with Gasteiger partial charge in [0, 0.05) is 11.8 Å². The Hall–Kier alpha value is -2.12. The van der Waals surface area contributed by atoms with Crippen molar-refractivity contribution in [1.82, 2.24) is 9.97 Å². The van der Waals surface area contributed by atoms with Crippen LogP contribution in [0.4, 0.5) is 19.1 Å². The second kappa shape index (κ2) is 4.81. The summed E-state index contributed by atoms with van der Waals surface area (Å²) in [5, 5.41) is 8.34. The molecular weight excluding hydrogens is 239 g/mol. The highest BCUT2D eigenvalue weighted by atomic mass is 19.4. The summed E-state index contributed by atoms with van der Waals surface area (Å²) in [6.45, 7) is 0. The summed E-state index contributed by atoms with van der Waals surface area (Å²) in [5.41, 5.74) is 3.55. The van der Waals surface area contributed by atoms with Gasteiger partial charge in [-0.25, -0.2) is 9.97 Å². The first-order valence-electron chi connectivity index (χ1n) is 4.38. The Balaban J connectivity index is 3.07. The Morgan fingerprint density at radius 1 is 1.53 bits per heavy atom. The van der Waals surface area contributed by atoms with Crippen molar-refractivity contribution in [2.24, 2.45) is 0 Å². The van der Waals surface area contributed by atoms with E-state index in [1.54, 1.807) is 0 Å². The van der Waals surface area contributed by atoms with Crippen molar-refractivity contribution in [1.29, 1.82) is 0 Å². The summed E-state index contributed by atoms with van der Waals surface area (Å²) in [6, 6.07) is 0. The number of halogens is 3. The third-order valence-electron chi connectivity index (χ3n) is 1.69. The van der Waals surface area contributed by atoms with Gasteiger partial charge in [-0.05, 0) is 0 Å². The summed E-state index contributed by atoms with van der Waals surface area (Å²) in [4.78, 5) is 16.7. The van der Waals surface area contributed by atoms with E-state index in [2.05, 4.69) is 9.97 Å². The Kier molecular flexibility index (Phi) is 3.66. The van der Waals surface area contributed by atoms with E-state index in [0.717, 1.165) is 18.3 Å². The first-order chi connectivity index (χ1) is 7.80. The molecule has 0 amide bonds. The number of carboxylic acids is 1. The summed E-state index contributed by atoms with van der Waals surface area (Å²) >= 11 is 0. The molecule has 0 saturated heterocycles. The van der Waals surface area contributed by atoms with E-state index in [4.69, 9.17) is 10.8 Å². The van der Waals surface area contributed by atoms with Crippen molar-refractivity contribution in [2.45, 2.75) is 12.6 Å². The summed E-state index contributed by atoms with van der Waals surface area (Å²) < 4.78 is 37.6. The predicted molar refractivity (Wildman–Crippen MR) is 52.7 cm³/mol. The van der Waals surface area contributed by atoms with Crippen LogP contribution >= 0.6 is 0 Å². The van der Waals surface area contributed by atoms with Crippen LogP contribution in [-0.2, 0) is 11.0 Å². The molecule has 3 N–H and O–H groups in total. The fourth-order valence-electron chi connectivity index (χ4n) is 1.04. The number of alkyl halides is 3. The molecule has 17 heavy (non-hydrogen) atoms. The maximum Gasteiger partial charge on any atom is 0.434 e. The number of carbonyl (C=O) groups is 1. The molecule has 0 spiro atoms. The molecule has 0 radical (unpaired) electrons. The van der Waals surface area contributed by atoms with Gasteiger partial charge in [0.25, 0.3) is 0 Å². The van der Waals surface area contributed by atoms with Crippen molar-refractivity contribution in [2.75, 3.05) is 5.73 Å². The number of nitrogen functional groups attached to an aromatic ring is 1. The molecule has 92 valence electrons. The molecule has 1 heterocycles. The molecule has 1 aromatic heterocycles. The lowest BCUT2D eigenvalue weighted by Gasteiger charge is -2.08. The van der Waals surface area contributed by atoms with Gasteiger partial charge in [-0.2, -0.15) is 13.2 Å². The quantitative estimate of drug-likeness (QED) is 0.846. The zero-order chi connectivity index (χ0) is 13.1. The molecule has 5 nitrogen and oxygen atoms in total. The zero-order valence-electron chi connectivity index (χ0n) is 8.40. The Bertz CT molecular complexity index is 457. The average molecular weight is 247 g/mol. The van der Waals surface area contributed by atoms with Crippen LogP contribution in [0, 0.1) is 0 Å². The van der Waals surface area contributed by atoms with Gasteiger partial charge in [-0.1, -0.05) is 12.2 Å². The first-order valence-corrected chi connectivity index (χ1v) is 4.38. The number of hydrogen-bond acceptors (Lipinski definition) is 4. The van der Waals surface area contributed by atoms with Gasteiger partial charge in [0.05, 0.1) is 6.42 Å².